The zero-order valence-corrected chi connectivity index (χ0v) is 16.7. The summed E-state index contributed by atoms with van der Waals surface area (Å²) in [7, 11) is -1.73. The molecule has 28 heavy (non-hydrogen) atoms. The van der Waals surface area contributed by atoms with E-state index in [-0.39, 0.29) is 30.5 Å². The van der Waals surface area contributed by atoms with Crippen molar-refractivity contribution >= 4 is 21.6 Å². The van der Waals surface area contributed by atoms with Crippen molar-refractivity contribution in [2.24, 2.45) is 12.2 Å². The number of aryl methyl sites for hydroxylation is 1. The first kappa shape index (κ1) is 20.0. The van der Waals surface area contributed by atoms with Crippen molar-refractivity contribution in [3.63, 3.8) is 0 Å². The highest BCUT2D eigenvalue weighted by molar-refractivity contribution is 7.89. The molecule has 1 saturated heterocycles. The lowest BCUT2D eigenvalue weighted by atomic mass is 10.2. The van der Waals surface area contributed by atoms with Gasteiger partial charge in [0.1, 0.15) is 0 Å². The third kappa shape index (κ3) is 4.57. The highest BCUT2D eigenvalue weighted by Gasteiger charge is 2.30. The maximum atomic E-state index is 12.6. The van der Waals surface area contributed by atoms with Gasteiger partial charge in [0.05, 0.1) is 16.8 Å². The van der Waals surface area contributed by atoms with E-state index in [4.69, 9.17) is 4.84 Å². The molecule has 0 spiro atoms. The minimum Gasteiger partial charge on any atom is -0.385 e. The van der Waals surface area contributed by atoms with Gasteiger partial charge in [-0.25, -0.2) is 8.42 Å². The van der Waals surface area contributed by atoms with Crippen molar-refractivity contribution in [1.29, 1.82) is 0 Å². The molecule has 0 aliphatic carbocycles. The van der Waals surface area contributed by atoms with E-state index in [0.717, 1.165) is 5.56 Å². The molecule has 1 fully saturated rings. The number of carbonyl (C=O) groups is 1. The molecule has 1 aliphatic heterocycles. The summed E-state index contributed by atoms with van der Waals surface area (Å²) in [5.41, 5.74) is 1.44. The topological polar surface area (TPSA) is 97.1 Å². The Kier molecular flexibility index (Phi) is 6.10. The first-order valence-electron chi connectivity index (χ1n) is 8.86. The number of sulfonamides is 1. The smallest absolute Gasteiger partial charge is 0.263 e. The van der Waals surface area contributed by atoms with Gasteiger partial charge in [-0.2, -0.15) is 9.40 Å². The summed E-state index contributed by atoms with van der Waals surface area (Å²) >= 11 is 0. The summed E-state index contributed by atoms with van der Waals surface area (Å²) in [4.78, 5) is 19.3. The lowest BCUT2D eigenvalue weighted by molar-refractivity contribution is -0.137. The van der Waals surface area contributed by atoms with Crippen LogP contribution in [0.15, 0.2) is 52.8 Å². The third-order valence-electron chi connectivity index (χ3n) is 4.48. The molecule has 3 rings (SSSR count). The fraction of sp³-hybridized carbons (Fsp3) is 0.389. The quantitative estimate of drug-likeness (QED) is 0.520. The Bertz CT molecular complexity index is 947. The van der Waals surface area contributed by atoms with E-state index in [0.29, 0.717) is 18.8 Å². The van der Waals surface area contributed by atoms with Gasteiger partial charge >= 0.3 is 0 Å². The molecule has 0 radical (unpaired) electrons. The minimum absolute atomic E-state index is 0.191. The first-order valence-corrected chi connectivity index (χ1v) is 10.3. The fourth-order valence-corrected chi connectivity index (χ4v) is 4.30. The SMILES string of the molecule is C/C(=N/OCC(=O)N1CCN(S(=O)(=O)c2ccccc2)CC1)c1cnn(C)c1. The van der Waals surface area contributed by atoms with E-state index in [9.17, 15) is 13.2 Å². The number of hydrogen-bond acceptors (Lipinski definition) is 6. The van der Waals surface area contributed by atoms with Crippen LogP contribution in [0.1, 0.15) is 12.5 Å². The Hall–Kier alpha value is -2.72. The molecule has 1 aromatic heterocycles. The Morgan fingerprint density at radius 2 is 1.86 bits per heavy atom. The highest BCUT2D eigenvalue weighted by Crippen LogP contribution is 2.17. The number of oxime groups is 1. The Morgan fingerprint density at radius 1 is 1.18 bits per heavy atom. The number of aromatic nitrogens is 2. The number of amides is 1. The molecule has 2 heterocycles. The van der Waals surface area contributed by atoms with Crippen molar-refractivity contribution < 1.29 is 18.0 Å². The molecular formula is C18H23N5O4S. The van der Waals surface area contributed by atoms with Gasteiger partial charge in [0.15, 0.2) is 6.61 Å². The van der Waals surface area contributed by atoms with E-state index in [1.54, 1.807) is 66.3 Å². The minimum atomic E-state index is -3.53. The van der Waals surface area contributed by atoms with Gasteiger partial charge in [0.2, 0.25) is 10.0 Å². The average Bonchev–Trinajstić information content (AvgIpc) is 3.15. The molecule has 0 saturated carbocycles. The molecule has 1 amide bonds. The van der Waals surface area contributed by atoms with Crippen LogP contribution in [-0.4, -0.2) is 71.8 Å². The van der Waals surface area contributed by atoms with Crippen LogP contribution in [-0.2, 0) is 26.7 Å². The summed E-state index contributed by atoms with van der Waals surface area (Å²) in [5, 5.41) is 8.00. The maximum absolute atomic E-state index is 12.6. The van der Waals surface area contributed by atoms with Crippen LogP contribution < -0.4 is 0 Å². The predicted molar refractivity (Wildman–Crippen MR) is 103 cm³/mol. The van der Waals surface area contributed by atoms with Crippen molar-refractivity contribution in [3.8, 4) is 0 Å². The standard InChI is InChI=1S/C18H23N5O4S/c1-15(16-12-19-21(2)13-16)20-27-14-18(24)22-8-10-23(11-9-22)28(25,26)17-6-4-3-5-7-17/h3-7,12-13H,8-11,14H2,1-2H3/b20-15-. The molecule has 1 aliphatic rings. The van der Waals surface area contributed by atoms with Crippen LogP contribution in [0.4, 0.5) is 0 Å². The van der Waals surface area contributed by atoms with Crippen molar-refractivity contribution in [1.82, 2.24) is 19.0 Å². The van der Waals surface area contributed by atoms with E-state index in [1.807, 2.05) is 0 Å². The van der Waals surface area contributed by atoms with Crippen LogP contribution in [0, 0.1) is 0 Å². The monoisotopic (exact) mass is 405 g/mol. The summed E-state index contributed by atoms with van der Waals surface area (Å²) in [6.45, 7) is 2.72. The number of benzene rings is 1. The van der Waals surface area contributed by atoms with Crippen molar-refractivity contribution in [2.75, 3.05) is 32.8 Å². The molecule has 0 bridgehead atoms. The molecule has 150 valence electrons. The van der Waals surface area contributed by atoms with Gasteiger partial charge in [-0.3, -0.25) is 9.48 Å². The van der Waals surface area contributed by atoms with E-state index >= 15 is 0 Å². The highest BCUT2D eigenvalue weighted by atomic mass is 32.2. The van der Waals surface area contributed by atoms with Crippen LogP contribution in [0.3, 0.4) is 0 Å². The molecule has 1 aromatic carbocycles. The number of rotatable bonds is 6. The number of nitrogens with zero attached hydrogens (tertiary/aromatic N) is 5. The second kappa shape index (κ2) is 8.53. The fourth-order valence-electron chi connectivity index (χ4n) is 2.86. The number of piperazine rings is 1. The molecule has 2 aromatic rings. The van der Waals surface area contributed by atoms with Crippen LogP contribution in [0.5, 0.6) is 0 Å². The Balaban J connectivity index is 1.50. The molecule has 9 nitrogen and oxygen atoms in total. The number of hydrogen-bond donors (Lipinski definition) is 0. The van der Waals surface area contributed by atoms with Gasteiger partial charge in [0, 0.05) is 45.0 Å². The maximum Gasteiger partial charge on any atom is 0.263 e. The lowest BCUT2D eigenvalue weighted by Crippen LogP contribution is -2.51. The molecular weight excluding hydrogens is 382 g/mol. The van der Waals surface area contributed by atoms with Gasteiger partial charge < -0.3 is 9.74 Å². The largest absolute Gasteiger partial charge is 0.385 e. The molecule has 10 heteroatoms. The van der Waals surface area contributed by atoms with E-state index < -0.39 is 10.0 Å². The number of carbonyl (C=O) groups excluding carboxylic acids is 1. The van der Waals surface area contributed by atoms with Crippen LogP contribution in [0.2, 0.25) is 0 Å². The molecule has 0 N–H and O–H groups in total. The summed E-state index contributed by atoms with van der Waals surface area (Å²) in [5.74, 6) is -0.223. The molecule has 0 unspecified atom stereocenters. The van der Waals surface area contributed by atoms with Gasteiger partial charge in [-0.15, -0.1) is 0 Å². The summed E-state index contributed by atoms with van der Waals surface area (Å²) < 4.78 is 28.3. The van der Waals surface area contributed by atoms with Crippen LogP contribution in [0.25, 0.3) is 0 Å². The van der Waals surface area contributed by atoms with Gasteiger partial charge in [0.25, 0.3) is 5.91 Å². The van der Waals surface area contributed by atoms with Crippen molar-refractivity contribution in [3.05, 3.63) is 48.3 Å². The normalized spacial score (nSPS) is 16.2. The Morgan fingerprint density at radius 3 is 2.46 bits per heavy atom. The Labute approximate surface area is 164 Å². The summed E-state index contributed by atoms with van der Waals surface area (Å²) in [6, 6.07) is 8.30. The molecule has 0 atom stereocenters. The first-order chi connectivity index (χ1) is 13.4. The zero-order valence-electron chi connectivity index (χ0n) is 15.9. The third-order valence-corrected chi connectivity index (χ3v) is 6.40. The van der Waals surface area contributed by atoms with Crippen molar-refractivity contribution in [2.45, 2.75) is 11.8 Å². The van der Waals surface area contributed by atoms with Crippen LogP contribution >= 0.6 is 0 Å². The zero-order chi connectivity index (χ0) is 20.1. The van der Waals surface area contributed by atoms with Gasteiger partial charge in [-0.05, 0) is 19.1 Å². The van der Waals surface area contributed by atoms with Gasteiger partial charge in [-0.1, -0.05) is 23.4 Å². The lowest BCUT2D eigenvalue weighted by Gasteiger charge is -2.33. The second-order valence-electron chi connectivity index (χ2n) is 6.45. The average molecular weight is 405 g/mol. The second-order valence-corrected chi connectivity index (χ2v) is 8.39. The van der Waals surface area contributed by atoms with E-state index in [1.165, 1.54) is 4.31 Å². The predicted octanol–water partition coefficient (Wildman–Crippen LogP) is 0.694. The van der Waals surface area contributed by atoms with E-state index in [2.05, 4.69) is 10.3 Å². The summed E-state index contributed by atoms with van der Waals surface area (Å²) in [6.07, 6.45) is 3.47.